The molecule has 4 N–H and O–H groups in total. The molecule has 0 aliphatic carbocycles. The largest absolute Gasteiger partial charge is 0.467 e. The van der Waals surface area contributed by atoms with Crippen LogP contribution < -0.4 is 16.2 Å². The van der Waals surface area contributed by atoms with Crippen LogP contribution in [-0.4, -0.2) is 114 Å². The van der Waals surface area contributed by atoms with E-state index in [9.17, 15) is 29.7 Å². The Morgan fingerprint density at radius 1 is 0.527 bits per heavy atom. The maximum Gasteiger partial charge on any atom is 0.337 e. The van der Waals surface area contributed by atoms with Gasteiger partial charge in [0.25, 0.3) is 11.9 Å². The number of nitrogen functional groups attached to an aromatic ring is 2. The molecular formula is C46H45N19O9. The Bertz CT molecular complexity index is 3260. The molecule has 74 heavy (non-hydrogen) atoms. The summed E-state index contributed by atoms with van der Waals surface area (Å²) < 4.78 is 29.8. The number of benzene rings is 2. The number of rotatable bonds is 13. The molecule has 0 saturated heterocycles. The number of nitriles is 2. The van der Waals surface area contributed by atoms with E-state index in [2.05, 4.69) is 45.6 Å². The van der Waals surface area contributed by atoms with E-state index < -0.39 is 34.7 Å². The van der Waals surface area contributed by atoms with Crippen molar-refractivity contribution in [2.24, 2.45) is 20.5 Å². The quantitative estimate of drug-likeness (QED) is 0.0748. The lowest BCUT2D eigenvalue weighted by atomic mass is 9.91. The summed E-state index contributed by atoms with van der Waals surface area (Å²) in [6.45, 7) is 11.1. The first-order chi connectivity index (χ1) is 35.1. The highest BCUT2D eigenvalue weighted by molar-refractivity contribution is 5.97. The second-order valence-corrected chi connectivity index (χ2v) is 17.6. The first kappa shape index (κ1) is 51.6. The number of nitrogens with two attached hydrogens (primary N) is 2. The number of anilines is 2. The maximum atomic E-state index is 12.6. The van der Waals surface area contributed by atoms with E-state index in [4.69, 9.17) is 45.3 Å². The highest BCUT2D eigenvalue weighted by Crippen LogP contribution is 2.40. The summed E-state index contributed by atoms with van der Waals surface area (Å²) in [5, 5.41) is 56.1. The third-order valence-electron chi connectivity index (χ3n) is 10.6. The van der Waals surface area contributed by atoms with Gasteiger partial charge in [-0.15, -0.1) is 20.5 Å². The van der Waals surface area contributed by atoms with Crippen molar-refractivity contribution in [3.05, 3.63) is 93.6 Å². The van der Waals surface area contributed by atoms with Crippen LogP contribution in [0.2, 0.25) is 0 Å². The lowest BCUT2D eigenvalue weighted by Gasteiger charge is -2.15. The van der Waals surface area contributed by atoms with Crippen LogP contribution in [0, 0.1) is 22.7 Å². The van der Waals surface area contributed by atoms with Gasteiger partial charge in [-0.2, -0.15) is 55.2 Å². The third kappa shape index (κ3) is 9.90. The molecule has 0 radical (unpaired) electrons. The first-order valence-corrected chi connectivity index (χ1v) is 21.6. The van der Waals surface area contributed by atoms with Crippen LogP contribution >= 0.6 is 0 Å². The summed E-state index contributed by atoms with van der Waals surface area (Å²) in [6, 6.07) is 11.9. The minimum absolute atomic E-state index is 0.0150. The van der Waals surface area contributed by atoms with Crippen molar-refractivity contribution in [2.75, 3.05) is 47.0 Å². The van der Waals surface area contributed by atoms with Gasteiger partial charge in [-0.3, -0.25) is 0 Å². The molecule has 0 bridgehead atoms. The molecule has 0 aliphatic heterocycles. The van der Waals surface area contributed by atoms with Gasteiger partial charge < -0.3 is 35.2 Å². The number of carbonyl (C=O) groups is 4. The molecule has 28 nitrogen and oxygen atoms in total. The maximum absolute atomic E-state index is 12.6. The van der Waals surface area contributed by atoms with E-state index in [0.717, 1.165) is 0 Å². The molecule has 5 heterocycles. The molecule has 28 heteroatoms. The Labute approximate surface area is 419 Å². The number of hydrogen-bond donors (Lipinski definition) is 2. The van der Waals surface area contributed by atoms with Gasteiger partial charge in [-0.25, -0.2) is 28.5 Å². The monoisotopic (exact) mass is 1010 g/mol. The average molecular weight is 1010 g/mol. The molecule has 0 amide bonds. The summed E-state index contributed by atoms with van der Waals surface area (Å²) in [7, 11) is 6.03. The van der Waals surface area contributed by atoms with Gasteiger partial charge in [0.2, 0.25) is 0 Å². The number of nitrogens with zero attached hydrogens (tertiary/aromatic N) is 17. The van der Waals surface area contributed by atoms with Gasteiger partial charge in [0.05, 0.1) is 93.0 Å². The zero-order valence-corrected chi connectivity index (χ0v) is 41.6. The van der Waals surface area contributed by atoms with E-state index in [1.165, 1.54) is 103 Å². The van der Waals surface area contributed by atoms with E-state index in [1.807, 2.05) is 53.7 Å². The lowest BCUT2D eigenvalue weighted by Crippen LogP contribution is -2.16. The Morgan fingerprint density at radius 2 is 0.865 bits per heavy atom. The van der Waals surface area contributed by atoms with Crippen LogP contribution in [-0.2, 0) is 29.8 Å². The Balaban J connectivity index is 1.34. The highest BCUT2D eigenvalue weighted by Gasteiger charge is 2.32. The van der Waals surface area contributed by atoms with Crippen molar-refractivity contribution in [3.63, 3.8) is 0 Å². The number of azo groups is 2. The normalized spacial score (nSPS) is 11.6. The second-order valence-electron chi connectivity index (χ2n) is 17.6. The van der Waals surface area contributed by atoms with Crippen molar-refractivity contribution in [2.45, 2.75) is 52.4 Å². The third-order valence-corrected chi connectivity index (χ3v) is 10.6. The van der Waals surface area contributed by atoms with E-state index in [1.54, 1.807) is 0 Å². The van der Waals surface area contributed by atoms with Gasteiger partial charge in [0, 0.05) is 10.8 Å². The Morgan fingerprint density at radius 3 is 1.15 bits per heavy atom. The second kappa shape index (κ2) is 20.2. The number of carbonyl (C=O) groups excluding carboxylic acids is 4. The van der Waals surface area contributed by atoms with Crippen molar-refractivity contribution in [1.82, 2.24) is 54.1 Å². The highest BCUT2D eigenvalue weighted by atomic mass is 16.5. The van der Waals surface area contributed by atoms with Gasteiger partial charge >= 0.3 is 29.9 Å². The molecule has 0 saturated carbocycles. The van der Waals surface area contributed by atoms with Crippen LogP contribution in [0.25, 0.3) is 23.3 Å². The molecule has 0 atom stereocenters. The zero-order chi connectivity index (χ0) is 54.0. The molecule has 2 aromatic carbocycles. The summed E-state index contributed by atoms with van der Waals surface area (Å²) in [5.74, 6) is -3.86. The standard InChI is InChI=1S/C46H45N19O9/c1-45(2,3)32-30(56-58-36-26(18-47)20-51-62(36)28-14-22(38(66)70-7)12-23(15-28)39(67)71-8)34(49)64(60-32)42-53-43(55-44(54-42)74-11)65-35(50)31(33(61-65)46(4,5)6)57-59-37-27(19-48)21-52-63(37)29-16-24(40(68)72-9)13-25(17-29)41(69)73-10/h12-17,20-21H,49-50H2,1-11H3. The smallest absolute Gasteiger partial charge is 0.337 e. The topological polar surface area (TPSA) is 373 Å². The van der Waals surface area contributed by atoms with Crippen molar-refractivity contribution < 1.29 is 42.9 Å². The number of esters is 4. The molecule has 5 aromatic heterocycles. The molecule has 0 unspecified atom stereocenters. The summed E-state index contributed by atoms with van der Waals surface area (Å²) in [5.41, 5.74) is 12.9. The van der Waals surface area contributed by atoms with Crippen molar-refractivity contribution in [3.8, 4) is 41.4 Å². The molecule has 0 fully saturated rings. The fraction of sp³-hybridized carbons (Fsp3) is 0.283. The van der Waals surface area contributed by atoms with E-state index in [-0.39, 0.29) is 97.3 Å². The first-order valence-electron chi connectivity index (χ1n) is 21.6. The van der Waals surface area contributed by atoms with Gasteiger partial charge in [-0.1, -0.05) is 41.5 Å². The predicted octanol–water partition coefficient (Wildman–Crippen LogP) is 6.10. The fourth-order valence-electron chi connectivity index (χ4n) is 6.99. The number of methoxy groups -OCH3 is 5. The number of aromatic nitrogens is 11. The SMILES string of the molecule is COC(=O)c1cc(C(=O)OC)cc(-n2ncc(C#N)c2N=Nc2c(C(C)(C)C)nn(-c3nc(OC)nc(-n4nc(C(C)(C)C)c(N=Nc5c(C#N)cnn5-c5cc(C(=O)OC)cc(C(=O)OC)c5)c4N)n3)c2N)c1. The molecule has 7 aromatic rings. The van der Waals surface area contributed by atoms with Gasteiger partial charge in [0.1, 0.15) is 23.3 Å². The lowest BCUT2D eigenvalue weighted by molar-refractivity contribution is 0.0581. The van der Waals surface area contributed by atoms with Crippen LogP contribution in [0.1, 0.15) is 105 Å². The molecule has 378 valence electrons. The minimum atomic E-state index is -0.765. The number of ether oxygens (including phenoxy) is 5. The zero-order valence-electron chi connectivity index (χ0n) is 41.6. The summed E-state index contributed by atoms with van der Waals surface area (Å²) in [6.07, 6.45) is 2.45. The van der Waals surface area contributed by atoms with Crippen LogP contribution in [0.4, 0.5) is 34.6 Å². The summed E-state index contributed by atoms with van der Waals surface area (Å²) in [4.78, 5) is 64.0. The minimum Gasteiger partial charge on any atom is -0.467 e. The van der Waals surface area contributed by atoms with Crippen molar-refractivity contribution >= 4 is 58.5 Å². The van der Waals surface area contributed by atoms with Crippen molar-refractivity contribution in [1.29, 1.82) is 10.5 Å². The van der Waals surface area contributed by atoms with E-state index in [0.29, 0.717) is 11.4 Å². The molecule has 0 aliphatic rings. The van der Waals surface area contributed by atoms with Crippen LogP contribution in [0.5, 0.6) is 6.01 Å². The van der Waals surface area contributed by atoms with Gasteiger partial charge in [0.15, 0.2) is 34.6 Å². The van der Waals surface area contributed by atoms with E-state index >= 15 is 0 Å². The summed E-state index contributed by atoms with van der Waals surface area (Å²) >= 11 is 0. The number of hydrogen-bond acceptors (Lipinski definition) is 24. The van der Waals surface area contributed by atoms with Crippen LogP contribution in [0.3, 0.4) is 0 Å². The Hall–Kier alpha value is -10.3. The molecule has 0 spiro atoms. The van der Waals surface area contributed by atoms with Crippen LogP contribution in [0.15, 0.2) is 69.2 Å². The Kier molecular flexibility index (Phi) is 14.1. The molecule has 7 rings (SSSR count). The predicted molar refractivity (Wildman–Crippen MR) is 257 cm³/mol. The molecular weight excluding hydrogens is 963 g/mol. The fourth-order valence-corrected chi connectivity index (χ4v) is 6.99. The average Bonchev–Trinajstić information content (AvgIpc) is 4.18. The van der Waals surface area contributed by atoms with Gasteiger partial charge in [-0.05, 0) is 36.4 Å².